The molecular formula is C25H42IN5O2. The maximum atomic E-state index is 12.7. The number of likely N-dealkylation sites (tertiary alicyclic amines) is 1. The number of benzene rings is 1. The molecule has 1 atom stereocenters. The van der Waals surface area contributed by atoms with Crippen molar-refractivity contribution in [2.24, 2.45) is 4.99 Å². The number of carbonyl (C=O) groups excluding carboxylic acids is 1. The lowest BCUT2D eigenvalue weighted by Gasteiger charge is -2.39. The summed E-state index contributed by atoms with van der Waals surface area (Å²) in [6.45, 7) is 10.0. The van der Waals surface area contributed by atoms with Gasteiger partial charge in [0.15, 0.2) is 5.96 Å². The number of ether oxygens (including phenoxy) is 1. The van der Waals surface area contributed by atoms with Crippen LogP contribution in [0.5, 0.6) is 0 Å². The van der Waals surface area contributed by atoms with Crippen molar-refractivity contribution >= 4 is 35.8 Å². The molecule has 1 unspecified atom stereocenters. The quantitative estimate of drug-likeness (QED) is 0.203. The minimum absolute atomic E-state index is 0. The van der Waals surface area contributed by atoms with Gasteiger partial charge in [-0.2, -0.15) is 0 Å². The number of amides is 1. The van der Waals surface area contributed by atoms with Gasteiger partial charge in [0.2, 0.25) is 5.91 Å². The van der Waals surface area contributed by atoms with Crippen LogP contribution < -0.4 is 5.32 Å². The van der Waals surface area contributed by atoms with Crippen LogP contribution in [0.25, 0.3) is 0 Å². The molecular weight excluding hydrogens is 529 g/mol. The Morgan fingerprint density at radius 1 is 1.00 bits per heavy atom. The summed E-state index contributed by atoms with van der Waals surface area (Å²) in [5.74, 6) is 1.26. The zero-order chi connectivity index (χ0) is 22.6. The summed E-state index contributed by atoms with van der Waals surface area (Å²) in [6.07, 6.45) is 5.37. The van der Waals surface area contributed by atoms with Crippen molar-refractivity contribution in [1.82, 2.24) is 20.0 Å². The molecule has 0 aliphatic carbocycles. The van der Waals surface area contributed by atoms with Gasteiger partial charge in [-0.05, 0) is 44.6 Å². The van der Waals surface area contributed by atoms with Gasteiger partial charge in [0.1, 0.15) is 0 Å². The predicted molar refractivity (Wildman–Crippen MR) is 145 cm³/mol. The lowest BCUT2D eigenvalue weighted by molar-refractivity contribution is -0.135. The van der Waals surface area contributed by atoms with Crippen molar-refractivity contribution in [2.45, 2.75) is 45.1 Å². The first-order chi connectivity index (χ1) is 15.7. The van der Waals surface area contributed by atoms with Crippen LogP contribution in [0.3, 0.4) is 0 Å². The molecule has 7 nitrogen and oxygen atoms in total. The number of aliphatic imine (C=N–C) groups is 1. The Morgan fingerprint density at radius 3 is 2.36 bits per heavy atom. The second-order valence-electron chi connectivity index (χ2n) is 8.76. The Kier molecular flexibility index (Phi) is 13.1. The van der Waals surface area contributed by atoms with E-state index in [9.17, 15) is 4.79 Å². The first-order valence-corrected chi connectivity index (χ1v) is 12.3. The molecule has 2 heterocycles. The van der Waals surface area contributed by atoms with Gasteiger partial charge in [0.25, 0.3) is 0 Å². The van der Waals surface area contributed by atoms with Crippen LogP contribution in [0.15, 0.2) is 35.3 Å². The fourth-order valence-corrected chi connectivity index (χ4v) is 4.48. The van der Waals surface area contributed by atoms with E-state index < -0.39 is 0 Å². The summed E-state index contributed by atoms with van der Waals surface area (Å²) < 4.78 is 5.77. The molecule has 0 aromatic heterocycles. The van der Waals surface area contributed by atoms with Crippen LogP contribution in [0, 0.1) is 0 Å². The Morgan fingerprint density at radius 2 is 1.70 bits per heavy atom. The van der Waals surface area contributed by atoms with E-state index in [2.05, 4.69) is 51.3 Å². The van der Waals surface area contributed by atoms with Crippen molar-refractivity contribution in [2.75, 3.05) is 66.1 Å². The molecule has 1 amide bonds. The second kappa shape index (κ2) is 15.5. The summed E-state index contributed by atoms with van der Waals surface area (Å²) in [7, 11) is 1.85. The van der Waals surface area contributed by atoms with Gasteiger partial charge < -0.3 is 19.9 Å². The molecule has 8 heteroatoms. The van der Waals surface area contributed by atoms with Gasteiger partial charge in [-0.3, -0.25) is 14.7 Å². The average Bonchev–Trinajstić information content (AvgIpc) is 3.38. The highest BCUT2D eigenvalue weighted by Gasteiger charge is 2.30. The third-order valence-corrected chi connectivity index (χ3v) is 6.52. The van der Waals surface area contributed by atoms with E-state index in [-0.39, 0.29) is 30.0 Å². The lowest BCUT2D eigenvalue weighted by Crippen LogP contribution is -2.57. The van der Waals surface area contributed by atoms with Gasteiger partial charge in [-0.25, -0.2) is 0 Å². The first kappa shape index (κ1) is 27.9. The smallest absolute Gasteiger partial charge is 0.239 e. The standard InChI is InChI=1S/C25H41N5O2.HI/c1-22(24(31)29-14-7-8-15-29)28-16-18-30(19-17-28)25(26-2)27-13-6-9-20-32-21-12-23-10-4-3-5-11-23;/h3-5,10-11,22H,6-9,12-21H2,1-2H3,(H,26,27);1H. The Balaban J connectivity index is 0.00000385. The molecule has 186 valence electrons. The number of hydrogen-bond donors (Lipinski definition) is 1. The number of rotatable bonds is 10. The zero-order valence-electron chi connectivity index (χ0n) is 20.4. The van der Waals surface area contributed by atoms with Crippen molar-refractivity contribution in [1.29, 1.82) is 0 Å². The molecule has 33 heavy (non-hydrogen) atoms. The van der Waals surface area contributed by atoms with Crippen molar-refractivity contribution in [3.05, 3.63) is 35.9 Å². The third-order valence-electron chi connectivity index (χ3n) is 6.52. The Hall–Kier alpha value is -1.39. The van der Waals surface area contributed by atoms with Crippen molar-refractivity contribution < 1.29 is 9.53 Å². The molecule has 2 aliphatic heterocycles. The largest absolute Gasteiger partial charge is 0.381 e. The number of nitrogens with one attached hydrogen (secondary N) is 1. The number of halogens is 1. The van der Waals surface area contributed by atoms with Crippen LogP contribution in [-0.2, 0) is 16.0 Å². The topological polar surface area (TPSA) is 60.4 Å². The van der Waals surface area contributed by atoms with Crippen LogP contribution >= 0.6 is 24.0 Å². The number of unbranched alkanes of at least 4 members (excludes halogenated alkanes) is 1. The fourth-order valence-electron chi connectivity index (χ4n) is 4.48. The second-order valence-corrected chi connectivity index (χ2v) is 8.76. The SMILES string of the molecule is CN=C(NCCCCOCCc1ccccc1)N1CCN(C(C)C(=O)N2CCCC2)CC1.I. The maximum absolute atomic E-state index is 12.7. The van der Waals surface area contributed by atoms with Gasteiger partial charge in [0, 0.05) is 59.5 Å². The maximum Gasteiger partial charge on any atom is 0.239 e. The van der Waals surface area contributed by atoms with Crippen LogP contribution in [0.2, 0.25) is 0 Å². The van der Waals surface area contributed by atoms with E-state index in [0.717, 1.165) is 97.1 Å². The Labute approximate surface area is 216 Å². The van der Waals surface area contributed by atoms with E-state index >= 15 is 0 Å². The zero-order valence-corrected chi connectivity index (χ0v) is 22.7. The Bertz CT molecular complexity index is 704. The van der Waals surface area contributed by atoms with E-state index in [1.54, 1.807) is 0 Å². The van der Waals surface area contributed by atoms with Gasteiger partial charge in [-0.15, -0.1) is 24.0 Å². The van der Waals surface area contributed by atoms with Crippen molar-refractivity contribution in [3.8, 4) is 0 Å². The number of nitrogens with zero attached hydrogens (tertiary/aromatic N) is 4. The predicted octanol–water partition coefficient (Wildman–Crippen LogP) is 2.85. The molecule has 2 aliphatic rings. The van der Waals surface area contributed by atoms with Gasteiger partial charge in [-0.1, -0.05) is 30.3 Å². The van der Waals surface area contributed by atoms with Crippen molar-refractivity contribution in [3.63, 3.8) is 0 Å². The monoisotopic (exact) mass is 571 g/mol. The summed E-state index contributed by atoms with van der Waals surface area (Å²) in [5.41, 5.74) is 1.33. The van der Waals surface area contributed by atoms with Gasteiger partial charge >= 0.3 is 0 Å². The molecule has 1 aromatic carbocycles. The lowest BCUT2D eigenvalue weighted by atomic mass is 10.2. The minimum Gasteiger partial charge on any atom is -0.381 e. The molecule has 0 spiro atoms. The van der Waals surface area contributed by atoms with Crippen LogP contribution in [0.4, 0.5) is 0 Å². The molecule has 3 rings (SSSR count). The van der Waals surface area contributed by atoms with E-state index in [1.165, 1.54) is 5.56 Å². The number of hydrogen-bond acceptors (Lipinski definition) is 4. The summed E-state index contributed by atoms with van der Waals surface area (Å²) >= 11 is 0. The van der Waals surface area contributed by atoms with Crippen LogP contribution in [-0.4, -0.2) is 98.7 Å². The molecule has 0 radical (unpaired) electrons. The first-order valence-electron chi connectivity index (χ1n) is 12.3. The molecule has 1 N–H and O–H groups in total. The molecule has 2 fully saturated rings. The average molecular weight is 572 g/mol. The van der Waals surface area contributed by atoms with E-state index in [4.69, 9.17) is 4.74 Å². The fraction of sp³-hybridized carbons (Fsp3) is 0.680. The minimum atomic E-state index is -0.0212. The third kappa shape index (κ3) is 9.05. The highest BCUT2D eigenvalue weighted by Crippen LogP contribution is 2.14. The van der Waals surface area contributed by atoms with Crippen LogP contribution in [0.1, 0.15) is 38.2 Å². The summed E-state index contributed by atoms with van der Waals surface area (Å²) in [4.78, 5) is 23.8. The highest BCUT2D eigenvalue weighted by molar-refractivity contribution is 14.0. The number of carbonyl (C=O) groups is 1. The summed E-state index contributed by atoms with van der Waals surface area (Å²) in [6, 6.07) is 10.5. The van der Waals surface area contributed by atoms with Gasteiger partial charge in [0.05, 0.1) is 12.6 Å². The van der Waals surface area contributed by atoms with E-state index in [1.807, 2.05) is 18.0 Å². The highest BCUT2D eigenvalue weighted by atomic mass is 127. The molecule has 1 aromatic rings. The molecule has 0 saturated carbocycles. The molecule has 0 bridgehead atoms. The summed E-state index contributed by atoms with van der Waals surface area (Å²) in [5, 5.41) is 3.49. The normalized spacial score (nSPS) is 18.2. The number of piperazine rings is 1. The molecule has 2 saturated heterocycles. The van der Waals surface area contributed by atoms with E-state index in [0.29, 0.717) is 5.91 Å². The number of guanidine groups is 1.